The zero-order valence-electron chi connectivity index (χ0n) is 24.5. The molecule has 2 aromatic carbocycles. The first-order valence-corrected chi connectivity index (χ1v) is 16.0. The SMILES string of the molecule is CC(C)(C)C(=O)CN1C(=O)C(NC(=O)Nc2cccc(C(=O)NS(C)(=O)=O)c2)CN(C2CCCCC2)c2ccccc21. The number of sulfonamides is 1. The molecule has 11 nitrogen and oxygen atoms in total. The average Bonchev–Trinajstić information content (AvgIpc) is 3.03. The molecule has 0 saturated heterocycles. The van der Waals surface area contributed by atoms with Crippen LogP contribution in [0.25, 0.3) is 0 Å². The number of carbonyl (C=O) groups excluding carboxylic acids is 4. The van der Waals surface area contributed by atoms with Crippen molar-refractivity contribution >= 4 is 50.7 Å². The number of ketones is 1. The van der Waals surface area contributed by atoms with Crippen LogP contribution in [-0.2, 0) is 19.6 Å². The van der Waals surface area contributed by atoms with E-state index in [-0.39, 0.29) is 36.2 Å². The van der Waals surface area contributed by atoms with E-state index in [0.717, 1.165) is 44.0 Å². The molecule has 0 radical (unpaired) electrons. The summed E-state index contributed by atoms with van der Waals surface area (Å²) in [6.45, 7) is 5.53. The lowest BCUT2D eigenvalue weighted by molar-refractivity contribution is -0.127. The lowest BCUT2D eigenvalue weighted by Crippen LogP contribution is -2.55. The fourth-order valence-corrected chi connectivity index (χ4v) is 5.75. The first-order valence-electron chi connectivity index (χ1n) is 14.1. The zero-order chi connectivity index (χ0) is 30.7. The number of anilines is 3. The van der Waals surface area contributed by atoms with Gasteiger partial charge in [-0.2, -0.15) is 0 Å². The number of Topliss-reactive ketones (excluding diaryl/α,β-unsaturated/α-hetero) is 1. The van der Waals surface area contributed by atoms with Crippen molar-refractivity contribution in [1.82, 2.24) is 10.0 Å². The smallest absolute Gasteiger partial charge is 0.319 e. The highest BCUT2D eigenvalue weighted by atomic mass is 32.2. The maximum Gasteiger partial charge on any atom is 0.319 e. The summed E-state index contributed by atoms with van der Waals surface area (Å²) >= 11 is 0. The highest BCUT2D eigenvalue weighted by Crippen LogP contribution is 2.37. The second kappa shape index (κ2) is 12.5. The predicted molar refractivity (Wildman–Crippen MR) is 162 cm³/mol. The molecule has 1 saturated carbocycles. The normalized spacial score (nSPS) is 18.1. The minimum Gasteiger partial charge on any atom is -0.364 e. The Balaban J connectivity index is 1.61. The van der Waals surface area contributed by atoms with Crippen LogP contribution < -0.4 is 25.2 Å². The fourth-order valence-electron chi connectivity index (χ4n) is 5.30. The van der Waals surface area contributed by atoms with Crippen LogP contribution in [0.5, 0.6) is 0 Å². The van der Waals surface area contributed by atoms with Crippen LogP contribution in [0.2, 0.25) is 0 Å². The Labute approximate surface area is 247 Å². The number of carbonyl (C=O) groups is 4. The topological polar surface area (TPSA) is 145 Å². The molecule has 4 amide bonds. The summed E-state index contributed by atoms with van der Waals surface area (Å²) in [7, 11) is -3.77. The molecule has 12 heteroatoms. The van der Waals surface area contributed by atoms with Gasteiger partial charge in [0.1, 0.15) is 6.04 Å². The lowest BCUT2D eigenvalue weighted by atomic mass is 9.90. The van der Waals surface area contributed by atoms with E-state index < -0.39 is 39.3 Å². The number of hydrogen-bond donors (Lipinski definition) is 3. The highest BCUT2D eigenvalue weighted by molar-refractivity contribution is 7.89. The van der Waals surface area contributed by atoms with E-state index in [1.165, 1.54) is 23.1 Å². The van der Waals surface area contributed by atoms with Gasteiger partial charge in [0.25, 0.3) is 11.8 Å². The van der Waals surface area contributed by atoms with E-state index in [0.29, 0.717) is 5.69 Å². The summed E-state index contributed by atoms with van der Waals surface area (Å²) < 4.78 is 24.8. The number of nitrogens with zero attached hydrogens (tertiary/aromatic N) is 2. The molecule has 1 aliphatic heterocycles. The van der Waals surface area contributed by atoms with Crippen molar-refractivity contribution in [3.8, 4) is 0 Å². The molecule has 0 bridgehead atoms. The molecule has 1 unspecified atom stereocenters. The molecule has 1 fully saturated rings. The molecule has 3 N–H and O–H groups in total. The van der Waals surface area contributed by atoms with Crippen molar-refractivity contribution < 1.29 is 27.6 Å². The molecule has 0 spiro atoms. The third-order valence-corrected chi connectivity index (χ3v) is 8.10. The number of urea groups is 1. The van der Waals surface area contributed by atoms with Crippen LogP contribution in [0.15, 0.2) is 48.5 Å². The Hall–Kier alpha value is -3.93. The Bertz CT molecular complexity index is 1460. The summed E-state index contributed by atoms with van der Waals surface area (Å²) in [4.78, 5) is 56.4. The second-order valence-electron chi connectivity index (χ2n) is 12.0. The van der Waals surface area contributed by atoms with E-state index in [4.69, 9.17) is 0 Å². The van der Waals surface area contributed by atoms with Crippen LogP contribution in [0.3, 0.4) is 0 Å². The van der Waals surface area contributed by atoms with Gasteiger partial charge in [0, 0.05) is 29.3 Å². The Morgan fingerprint density at radius 1 is 0.952 bits per heavy atom. The summed E-state index contributed by atoms with van der Waals surface area (Å²) in [5.74, 6) is -1.33. The summed E-state index contributed by atoms with van der Waals surface area (Å²) in [6.07, 6.45) is 6.10. The van der Waals surface area contributed by atoms with Gasteiger partial charge in [-0.25, -0.2) is 17.9 Å². The molecule has 1 atom stereocenters. The largest absolute Gasteiger partial charge is 0.364 e. The Kier molecular flexibility index (Phi) is 9.24. The van der Waals surface area contributed by atoms with Crippen molar-refractivity contribution in [2.24, 2.45) is 5.41 Å². The van der Waals surface area contributed by atoms with Crippen molar-refractivity contribution in [2.75, 3.05) is 34.5 Å². The molecule has 2 aromatic rings. The first-order chi connectivity index (χ1) is 19.7. The third kappa shape index (κ3) is 7.67. The molecule has 0 aromatic heterocycles. The van der Waals surface area contributed by atoms with Gasteiger partial charge in [-0.05, 0) is 43.2 Å². The minimum absolute atomic E-state index is 0.0366. The van der Waals surface area contributed by atoms with Gasteiger partial charge in [-0.3, -0.25) is 14.4 Å². The van der Waals surface area contributed by atoms with Crippen LogP contribution in [0.1, 0.15) is 63.2 Å². The number of nitrogens with one attached hydrogen (secondary N) is 3. The van der Waals surface area contributed by atoms with Crippen molar-refractivity contribution in [3.63, 3.8) is 0 Å². The summed E-state index contributed by atoms with van der Waals surface area (Å²) in [5.41, 5.74) is 1.10. The highest BCUT2D eigenvalue weighted by Gasteiger charge is 2.39. The van der Waals surface area contributed by atoms with Gasteiger partial charge < -0.3 is 20.4 Å². The molecule has 4 rings (SSSR count). The number of hydrogen-bond acceptors (Lipinski definition) is 7. The van der Waals surface area contributed by atoms with Gasteiger partial charge in [0.15, 0.2) is 5.78 Å². The van der Waals surface area contributed by atoms with Gasteiger partial charge in [0.2, 0.25) is 10.0 Å². The summed E-state index contributed by atoms with van der Waals surface area (Å²) in [5, 5.41) is 5.45. The molecule has 226 valence electrons. The summed E-state index contributed by atoms with van der Waals surface area (Å²) in [6, 6.07) is 11.9. The lowest BCUT2D eigenvalue weighted by Gasteiger charge is -2.37. The maximum absolute atomic E-state index is 14.1. The van der Waals surface area contributed by atoms with E-state index in [1.54, 1.807) is 6.07 Å². The molecular formula is C30H39N5O6S. The minimum atomic E-state index is -3.77. The Morgan fingerprint density at radius 3 is 2.26 bits per heavy atom. The average molecular weight is 598 g/mol. The maximum atomic E-state index is 14.1. The Morgan fingerprint density at radius 2 is 1.62 bits per heavy atom. The van der Waals surface area contributed by atoms with Crippen LogP contribution in [-0.4, -0.2) is 63.5 Å². The monoisotopic (exact) mass is 597 g/mol. The van der Waals surface area contributed by atoms with Gasteiger partial charge in [-0.15, -0.1) is 0 Å². The molecule has 2 aliphatic rings. The first kappa shape index (κ1) is 31.0. The van der Waals surface area contributed by atoms with E-state index in [9.17, 15) is 27.6 Å². The van der Waals surface area contributed by atoms with E-state index in [1.807, 2.05) is 49.8 Å². The van der Waals surface area contributed by atoms with Crippen molar-refractivity contribution in [1.29, 1.82) is 0 Å². The van der Waals surface area contributed by atoms with Crippen molar-refractivity contribution in [3.05, 3.63) is 54.1 Å². The molecular weight excluding hydrogens is 558 g/mol. The second-order valence-corrected chi connectivity index (χ2v) is 13.7. The number of para-hydroxylation sites is 2. The predicted octanol–water partition coefficient (Wildman–Crippen LogP) is 3.67. The fraction of sp³-hybridized carbons (Fsp3) is 0.467. The zero-order valence-corrected chi connectivity index (χ0v) is 25.3. The number of benzene rings is 2. The van der Waals surface area contributed by atoms with Crippen LogP contribution >= 0.6 is 0 Å². The van der Waals surface area contributed by atoms with E-state index in [2.05, 4.69) is 15.5 Å². The number of fused-ring (bicyclic) bond motifs is 1. The van der Waals surface area contributed by atoms with Crippen LogP contribution in [0, 0.1) is 5.41 Å². The molecule has 1 heterocycles. The number of rotatable bonds is 7. The van der Waals surface area contributed by atoms with Gasteiger partial charge in [0.05, 0.1) is 24.2 Å². The van der Waals surface area contributed by atoms with Gasteiger partial charge >= 0.3 is 6.03 Å². The quantitative estimate of drug-likeness (QED) is 0.442. The molecule has 42 heavy (non-hydrogen) atoms. The van der Waals surface area contributed by atoms with Gasteiger partial charge in [-0.1, -0.05) is 58.2 Å². The van der Waals surface area contributed by atoms with Crippen molar-refractivity contribution in [2.45, 2.75) is 65.0 Å². The molecule has 1 aliphatic carbocycles. The third-order valence-electron chi connectivity index (χ3n) is 7.55. The van der Waals surface area contributed by atoms with E-state index >= 15 is 0 Å². The number of amides is 4. The van der Waals surface area contributed by atoms with Crippen LogP contribution in [0.4, 0.5) is 21.9 Å². The standard InChI is InChI=1S/C30H39N5O6S/c1-30(2,3)26(36)19-35-25-16-9-8-15-24(25)34(22-13-6-5-7-14-22)18-23(28(35)38)32-29(39)31-21-12-10-11-20(17-21)27(37)33-42(4,40)41/h8-12,15-17,22-23H,5-7,13-14,18-19H2,1-4H3,(H,33,37)(H2,31,32,39).